The van der Waals surface area contributed by atoms with E-state index in [9.17, 15) is 9.59 Å². The highest BCUT2D eigenvalue weighted by Gasteiger charge is 2.13. The molecule has 1 aromatic carbocycles. The zero-order valence-electron chi connectivity index (χ0n) is 7.74. The van der Waals surface area contributed by atoms with Gasteiger partial charge in [-0.1, -0.05) is 18.2 Å². The molecule has 0 heterocycles. The molecule has 14 heavy (non-hydrogen) atoms. The minimum Gasteiger partial charge on any atom is -0.328 e. The van der Waals surface area contributed by atoms with E-state index in [0.717, 1.165) is 0 Å². The lowest BCUT2D eigenvalue weighted by Crippen LogP contribution is -2.26. The van der Waals surface area contributed by atoms with E-state index in [2.05, 4.69) is 0 Å². The normalized spacial score (nSPS) is 9.57. The summed E-state index contributed by atoms with van der Waals surface area (Å²) in [7, 11) is 1.58. The number of aldehydes is 1. The number of hydrogen-bond donors (Lipinski definition) is 0. The van der Waals surface area contributed by atoms with Gasteiger partial charge in [-0.3, -0.25) is 9.59 Å². The van der Waals surface area contributed by atoms with E-state index in [-0.39, 0.29) is 11.9 Å². The van der Waals surface area contributed by atoms with E-state index in [1.54, 1.807) is 31.3 Å². The number of halogens is 1. The van der Waals surface area contributed by atoms with Gasteiger partial charge in [-0.05, 0) is 6.07 Å². The molecule has 0 aliphatic rings. The van der Waals surface area contributed by atoms with Gasteiger partial charge in [0.25, 0.3) is 5.91 Å². The van der Waals surface area contributed by atoms with Gasteiger partial charge in [0.05, 0.1) is 11.6 Å². The lowest BCUT2D eigenvalue weighted by molar-refractivity contribution is 0.0815. The van der Waals surface area contributed by atoms with Gasteiger partial charge in [-0.25, -0.2) is 0 Å². The molecule has 0 aliphatic carbocycles. The van der Waals surface area contributed by atoms with E-state index in [1.165, 1.54) is 4.90 Å². The molecule has 1 aromatic rings. The summed E-state index contributed by atoms with van der Waals surface area (Å²) in [6.45, 7) is 0. The number of nitrogens with zero attached hydrogens (tertiary/aromatic N) is 1. The molecule has 1 amide bonds. The Labute approximate surface area is 87.3 Å². The molecule has 74 valence electrons. The van der Waals surface area contributed by atoms with Crippen LogP contribution < -0.4 is 0 Å². The van der Waals surface area contributed by atoms with Crippen molar-refractivity contribution in [1.29, 1.82) is 0 Å². The lowest BCUT2D eigenvalue weighted by Gasteiger charge is -2.13. The minimum atomic E-state index is -0.247. The van der Waals surface area contributed by atoms with Crippen molar-refractivity contribution in [3.63, 3.8) is 0 Å². The molecule has 0 aromatic heterocycles. The number of carbonyl (C=O) groups is 2. The summed E-state index contributed by atoms with van der Waals surface area (Å²) < 4.78 is 0. The number of amides is 1. The molecule has 0 bridgehead atoms. The van der Waals surface area contributed by atoms with Crippen LogP contribution in [0.25, 0.3) is 0 Å². The average molecular weight is 212 g/mol. The average Bonchev–Trinajstić information content (AvgIpc) is 2.26. The third-order valence-corrected chi connectivity index (χ3v) is 2.20. The summed E-state index contributed by atoms with van der Waals surface area (Å²) in [5.74, 6) is -0.247. The Morgan fingerprint density at radius 2 is 2.14 bits per heavy atom. The molecule has 3 nitrogen and oxygen atoms in total. The number of carbonyl (C=O) groups excluding carboxylic acids is 2. The maximum Gasteiger partial charge on any atom is 0.255 e. The SMILES string of the molecule is CN(CCl)C(=O)c1ccccc1C=O. The first-order valence-corrected chi connectivity index (χ1v) is 4.59. The van der Waals surface area contributed by atoms with Crippen LogP contribution >= 0.6 is 11.6 Å². The summed E-state index contributed by atoms with van der Waals surface area (Å²) in [5.41, 5.74) is 0.764. The van der Waals surface area contributed by atoms with Gasteiger partial charge in [0, 0.05) is 12.6 Å². The predicted octanol–water partition coefficient (Wildman–Crippen LogP) is 1.77. The van der Waals surface area contributed by atoms with Gasteiger partial charge >= 0.3 is 0 Å². The maximum atomic E-state index is 11.6. The summed E-state index contributed by atoms with van der Waals surface area (Å²) in [6, 6.07) is 6.73. The summed E-state index contributed by atoms with van der Waals surface area (Å²) in [4.78, 5) is 23.6. The first-order chi connectivity index (χ1) is 6.70. The zero-order valence-corrected chi connectivity index (χ0v) is 8.49. The highest BCUT2D eigenvalue weighted by atomic mass is 35.5. The highest BCUT2D eigenvalue weighted by Crippen LogP contribution is 2.09. The number of benzene rings is 1. The summed E-state index contributed by atoms with van der Waals surface area (Å²) >= 11 is 5.51. The fraction of sp³-hybridized carbons (Fsp3) is 0.200. The van der Waals surface area contributed by atoms with Crippen molar-refractivity contribution in [2.75, 3.05) is 13.1 Å². The standard InChI is InChI=1S/C10H10ClNO2/c1-12(7-11)10(14)9-5-3-2-4-8(9)6-13/h2-6H,7H2,1H3. The van der Waals surface area contributed by atoms with Crippen molar-refractivity contribution in [3.05, 3.63) is 35.4 Å². The largest absolute Gasteiger partial charge is 0.328 e. The summed E-state index contributed by atoms with van der Waals surface area (Å²) in [5, 5.41) is 0. The minimum absolute atomic E-state index is 0.103. The highest BCUT2D eigenvalue weighted by molar-refractivity contribution is 6.19. The van der Waals surface area contributed by atoms with Crippen molar-refractivity contribution in [3.8, 4) is 0 Å². The maximum absolute atomic E-state index is 11.6. The van der Waals surface area contributed by atoms with Gasteiger partial charge < -0.3 is 4.90 Å². The van der Waals surface area contributed by atoms with Crippen LogP contribution in [-0.4, -0.2) is 30.1 Å². The molecule has 0 fully saturated rings. The second-order valence-corrected chi connectivity index (χ2v) is 3.07. The van der Waals surface area contributed by atoms with Crippen molar-refractivity contribution >= 4 is 23.8 Å². The quantitative estimate of drug-likeness (QED) is 0.434. The molecule has 0 aliphatic heterocycles. The Kier molecular flexibility index (Phi) is 3.65. The second kappa shape index (κ2) is 4.77. The van der Waals surface area contributed by atoms with E-state index >= 15 is 0 Å². The molecule has 0 saturated carbocycles. The third-order valence-electron chi connectivity index (χ3n) is 1.84. The molecule has 0 unspecified atom stereocenters. The molecule has 0 saturated heterocycles. The molecule has 4 heteroatoms. The molecular formula is C10H10ClNO2. The third kappa shape index (κ3) is 2.12. The van der Waals surface area contributed by atoms with Crippen molar-refractivity contribution in [2.24, 2.45) is 0 Å². The first-order valence-electron chi connectivity index (χ1n) is 4.06. The predicted molar refractivity (Wildman–Crippen MR) is 54.6 cm³/mol. The van der Waals surface area contributed by atoms with Crippen LogP contribution in [0, 0.1) is 0 Å². The van der Waals surface area contributed by atoms with Gasteiger partial charge in [-0.15, -0.1) is 11.6 Å². The Hall–Kier alpha value is -1.35. The van der Waals surface area contributed by atoms with Gasteiger partial charge in [0.2, 0.25) is 0 Å². The summed E-state index contributed by atoms with van der Waals surface area (Å²) in [6.07, 6.45) is 0.662. The van der Waals surface area contributed by atoms with Gasteiger partial charge in [0.15, 0.2) is 6.29 Å². The van der Waals surface area contributed by atoms with Crippen LogP contribution in [0.2, 0.25) is 0 Å². The van der Waals surface area contributed by atoms with E-state index < -0.39 is 0 Å². The van der Waals surface area contributed by atoms with Crippen LogP contribution in [0.4, 0.5) is 0 Å². The van der Waals surface area contributed by atoms with Gasteiger partial charge in [-0.2, -0.15) is 0 Å². The van der Waals surface area contributed by atoms with Crippen molar-refractivity contribution in [1.82, 2.24) is 4.90 Å². The molecule has 0 atom stereocenters. The smallest absolute Gasteiger partial charge is 0.255 e. The van der Waals surface area contributed by atoms with E-state index in [4.69, 9.17) is 11.6 Å². The monoisotopic (exact) mass is 211 g/mol. The van der Waals surface area contributed by atoms with Gasteiger partial charge in [0.1, 0.15) is 0 Å². The van der Waals surface area contributed by atoms with Crippen LogP contribution in [-0.2, 0) is 0 Å². The Bertz CT molecular complexity index is 352. The Morgan fingerprint density at radius 1 is 1.50 bits per heavy atom. The zero-order chi connectivity index (χ0) is 10.6. The Balaban J connectivity index is 3.05. The molecular weight excluding hydrogens is 202 g/mol. The van der Waals surface area contributed by atoms with E-state index in [0.29, 0.717) is 17.4 Å². The lowest BCUT2D eigenvalue weighted by atomic mass is 10.1. The first kappa shape index (κ1) is 10.7. The van der Waals surface area contributed by atoms with Crippen LogP contribution in [0.15, 0.2) is 24.3 Å². The fourth-order valence-electron chi connectivity index (χ4n) is 1.05. The number of rotatable bonds is 3. The molecule has 0 N–H and O–H groups in total. The molecule has 0 radical (unpaired) electrons. The van der Waals surface area contributed by atoms with Crippen molar-refractivity contribution < 1.29 is 9.59 Å². The number of hydrogen-bond acceptors (Lipinski definition) is 2. The van der Waals surface area contributed by atoms with Crippen molar-refractivity contribution in [2.45, 2.75) is 0 Å². The molecule has 1 rings (SSSR count). The molecule has 0 spiro atoms. The van der Waals surface area contributed by atoms with Crippen LogP contribution in [0.3, 0.4) is 0 Å². The van der Waals surface area contributed by atoms with Crippen LogP contribution in [0.5, 0.6) is 0 Å². The van der Waals surface area contributed by atoms with E-state index in [1.807, 2.05) is 0 Å². The topological polar surface area (TPSA) is 37.4 Å². The fourth-order valence-corrected chi connectivity index (χ4v) is 1.16. The van der Waals surface area contributed by atoms with Crippen LogP contribution in [0.1, 0.15) is 20.7 Å². The Morgan fingerprint density at radius 3 is 2.71 bits per heavy atom. The second-order valence-electron chi connectivity index (χ2n) is 2.83. The number of alkyl halides is 1.